The van der Waals surface area contributed by atoms with E-state index in [1.807, 2.05) is 0 Å². The van der Waals surface area contributed by atoms with E-state index in [4.69, 9.17) is 0 Å². The molecule has 3 atom stereocenters. The van der Waals surface area contributed by atoms with E-state index in [9.17, 15) is 22.8 Å². The van der Waals surface area contributed by atoms with E-state index in [0.717, 1.165) is 30.6 Å². The van der Waals surface area contributed by atoms with E-state index < -0.39 is 37.9 Å². The number of carbonyl (C=O) groups excluding carboxylic acids is 3. The highest BCUT2D eigenvalue weighted by atomic mass is 32.2. The molecule has 0 radical (unpaired) electrons. The Hall–Kier alpha value is -1.64. The third kappa shape index (κ3) is 3.34. The van der Waals surface area contributed by atoms with E-state index in [0.29, 0.717) is 0 Å². The summed E-state index contributed by atoms with van der Waals surface area (Å²) in [6.07, 6.45) is 6.31. The van der Waals surface area contributed by atoms with Gasteiger partial charge in [-0.3, -0.25) is 14.4 Å². The average Bonchev–Trinajstić information content (AvgIpc) is 2.78. The summed E-state index contributed by atoms with van der Waals surface area (Å²) in [6.45, 7) is 4.51. The zero-order valence-corrected chi connectivity index (χ0v) is 17.0. The van der Waals surface area contributed by atoms with Crippen molar-refractivity contribution in [1.82, 2.24) is 15.5 Å². The summed E-state index contributed by atoms with van der Waals surface area (Å²) in [6, 6.07) is -1.79. The van der Waals surface area contributed by atoms with Crippen LogP contribution in [0.5, 0.6) is 0 Å². The number of sulfone groups is 1. The Labute approximate surface area is 160 Å². The fraction of sp³-hybridized carbons (Fsp3) is 0.833. The minimum absolute atomic E-state index is 0.0761. The maximum absolute atomic E-state index is 12.8. The van der Waals surface area contributed by atoms with Crippen molar-refractivity contribution < 1.29 is 22.8 Å². The lowest BCUT2D eigenvalue weighted by Crippen LogP contribution is -2.61. The first-order chi connectivity index (χ1) is 12.6. The molecule has 3 fully saturated rings. The van der Waals surface area contributed by atoms with Crippen LogP contribution in [0.15, 0.2) is 0 Å². The molecule has 0 spiro atoms. The van der Waals surface area contributed by atoms with Crippen LogP contribution in [-0.4, -0.2) is 59.3 Å². The van der Waals surface area contributed by atoms with Crippen LogP contribution >= 0.6 is 0 Å². The fourth-order valence-electron chi connectivity index (χ4n) is 4.36. The van der Waals surface area contributed by atoms with E-state index in [1.165, 1.54) is 26.7 Å². The van der Waals surface area contributed by atoms with Crippen molar-refractivity contribution in [3.05, 3.63) is 0 Å². The van der Waals surface area contributed by atoms with Crippen molar-refractivity contribution in [3.63, 3.8) is 0 Å². The Balaban J connectivity index is 1.65. The standard InChI is InChI=1S/C18H29N3O5S/c1-11(16(23)20-12-8-6-4-5-7-9-12)19-17(24)15-18(2,3)27(25,26)14-10-13(22)21(14)15/h11-12,14-15H,4-10H2,1-3H3,(H,19,24)(H,20,23). The molecule has 2 saturated heterocycles. The summed E-state index contributed by atoms with van der Waals surface area (Å²) >= 11 is 0. The second-order valence-corrected chi connectivity index (χ2v) is 11.1. The second kappa shape index (κ2) is 7.07. The minimum Gasteiger partial charge on any atom is -0.352 e. The molecule has 2 aliphatic heterocycles. The Bertz CT molecular complexity index is 740. The third-order valence-corrected chi connectivity index (χ3v) is 8.98. The molecule has 2 N–H and O–H groups in total. The first-order valence-corrected chi connectivity index (χ1v) is 11.3. The lowest BCUT2D eigenvalue weighted by atomic mass is 9.97. The Morgan fingerprint density at radius 1 is 1.15 bits per heavy atom. The molecular weight excluding hydrogens is 370 g/mol. The molecule has 0 aromatic heterocycles. The first kappa shape index (κ1) is 20.1. The predicted molar refractivity (Wildman–Crippen MR) is 99.3 cm³/mol. The zero-order chi connectivity index (χ0) is 20.0. The Morgan fingerprint density at radius 2 is 1.74 bits per heavy atom. The maximum Gasteiger partial charge on any atom is 0.245 e. The van der Waals surface area contributed by atoms with Crippen molar-refractivity contribution in [3.8, 4) is 0 Å². The molecule has 1 saturated carbocycles. The largest absolute Gasteiger partial charge is 0.352 e. The van der Waals surface area contributed by atoms with Gasteiger partial charge in [0.1, 0.15) is 17.5 Å². The van der Waals surface area contributed by atoms with Gasteiger partial charge in [-0.25, -0.2) is 8.42 Å². The number of fused-ring (bicyclic) bond motifs is 1. The summed E-state index contributed by atoms with van der Waals surface area (Å²) in [4.78, 5) is 38.3. The van der Waals surface area contributed by atoms with Gasteiger partial charge in [0.25, 0.3) is 0 Å². The summed E-state index contributed by atoms with van der Waals surface area (Å²) < 4.78 is 23.8. The monoisotopic (exact) mass is 399 g/mol. The molecule has 0 aromatic rings. The van der Waals surface area contributed by atoms with Crippen LogP contribution in [-0.2, 0) is 24.2 Å². The van der Waals surface area contributed by atoms with E-state index in [2.05, 4.69) is 10.6 Å². The molecular formula is C18H29N3O5S. The number of carbonyl (C=O) groups is 3. The summed E-state index contributed by atoms with van der Waals surface area (Å²) in [5, 5.41) is 4.67. The van der Waals surface area contributed by atoms with Gasteiger partial charge in [0, 0.05) is 6.04 Å². The summed E-state index contributed by atoms with van der Waals surface area (Å²) in [7, 11) is -3.63. The third-order valence-electron chi connectivity index (χ3n) is 6.18. The van der Waals surface area contributed by atoms with Gasteiger partial charge in [-0.2, -0.15) is 0 Å². The number of hydrogen-bond donors (Lipinski definition) is 2. The van der Waals surface area contributed by atoms with Crippen LogP contribution in [0.25, 0.3) is 0 Å². The average molecular weight is 400 g/mol. The number of β-lactam (4-membered cyclic amide) rings is 1. The Morgan fingerprint density at radius 3 is 2.30 bits per heavy atom. The van der Waals surface area contributed by atoms with Gasteiger partial charge in [-0.15, -0.1) is 0 Å². The quantitative estimate of drug-likeness (QED) is 0.527. The number of amides is 3. The van der Waals surface area contributed by atoms with Crippen molar-refractivity contribution in [2.45, 2.75) is 94.0 Å². The van der Waals surface area contributed by atoms with Crippen LogP contribution < -0.4 is 10.6 Å². The normalized spacial score (nSPS) is 30.6. The molecule has 3 aliphatic rings. The van der Waals surface area contributed by atoms with E-state index in [-0.39, 0.29) is 24.3 Å². The highest BCUT2D eigenvalue weighted by Crippen LogP contribution is 2.45. The molecule has 0 bridgehead atoms. The SMILES string of the molecule is CC(NC(=O)C1N2C(=O)CC2S(=O)(=O)C1(C)C)C(=O)NC1CCCCCC1. The van der Waals surface area contributed by atoms with E-state index in [1.54, 1.807) is 6.92 Å². The Kier molecular flexibility index (Phi) is 5.26. The van der Waals surface area contributed by atoms with Crippen molar-refractivity contribution in [2.24, 2.45) is 0 Å². The molecule has 9 heteroatoms. The smallest absolute Gasteiger partial charge is 0.245 e. The van der Waals surface area contributed by atoms with Crippen LogP contribution in [0.4, 0.5) is 0 Å². The highest BCUT2D eigenvalue weighted by molar-refractivity contribution is 7.93. The number of rotatable bonds is 4. The number of nitrogens with one attached hydrogen (secondary N) is 2. The highest BCUT2D eigenvalue weighted by Gasteiger charge is 2.67. The fourth-order valence-corrected chi connectivity index (χ4v) is 6.50. The lowest BCUT2D eigenvalue weighted by molar-refractivity contribution is -0.150. The summed E-state index contributed by atoms with van der Waals surface area (Å²) in [5.41, 5.74) is 0. The van der Waals surface area contributed by atoms with Gasteiger partial charge in [0.05, 0.1) is 11.2 Å². The van der Waals surface area contributed by atoms with Crippen LogP contribution in [0, 0.1) is 0 Å². The molecule has 3 amide bonds. The molecule has 1 aliphatic carbocycles. The first-order valence-electron chi connectivity index (χ1n) is 9.72. The van der Waals surface area contributed by atoms with Crippen LogP contribution in [0.3, 0.4) is 0 Å². The van der Waals surface area contributed by atoms with Gasteiger partial charge in [-0.05, 0) is 33.6 Å². The molecule has 152 valence electrons. The molecule has 8 nitrogen and oxygen atoms in total. The molecule has 3 unspecified atom stereocenters. The van der Waals surface area contributed by atoms with Crippen LogP contribution in [0.1, 0.15) is 65.7 Å². The number of hydrogen-bond acceptors (Lipinski definition) is 5. The van der Waals surface area contributed by atoms with Crippen molar-refractivity contribution >= 4 is 27.6 Å². The van der Waals surface area contributed by atoms with Crippen molar-refractivity contribution in [2.75, 3.05) is 0 Å². The maximum atomic E-state index is 12.8. The van der Waals surface area contributed by atoms with Gasteiger partial charge in [-0.1, -0.05) is 25.7 Å². The molecule has 0 aromatic carbocycles. The number of nitrogens with zero attached hydrogens (tertiary/aromatic N) is 1. The van der Waals surface area contributed by atoms with Gasteiger partial charge in [0.15, 0.2) is 9.84 Å². The van der Waals surface area contributed by atoms with Crippen LogP contribution in [0.2, 0.25) is 0 Å². The van der Waals surface area contributed by atoms with Gasteiger partial charge >= 0.3 is 0 Å². The predicted octanol–water partition coefficient (Wildman–Crippen LogP) is 0.464. The second-order valence-electron chi connectivity index (χ2n) is 8.44. The van der Waals surface area contributed by atoms with Gasteiger partial charge in [0.2, 0.25) is 17.7 Å². The van der Waals surface area contributed by atoms with Crippen molar-refractivity contribution in [1.29, 1.82) is 0 Å². The minimum atomic E-state index is -3.63. The van der Waals surface area contributed by atoms with E-state index >= 15 is 0 Å². The molecule has 2 heterocycles. The summed E-state index contributed by atoms with van der Waals surface area (Å²) in [5.74, 6) is -1.21. The lowest BCUT2D eigenvalue weighted by Gasteiger charge is -2.37. The molecule has 3 rings (SSSR count). The zero-order valence-electron chi connectivity index (χ0n) is 16.2. The van der Waals surface area contributed by atoms with Gasteiger partial charge < -0.3 is 15.5 Å². The molecule has 27 heavy (non-hydrogen) atoms. The topological polar surface area (TPSA) is 113 Å².